The second kappa shape index (κ2) is 6.02. The van der Waals surface area contributed by atoms with Crippen LogP contribution in [0.1, 0.15) is 24.1 Å². The van der Waals surface area contributed by atoms with Gasteiger partial charge in [-0.1, -0.05) is 6.07 Å². The lowest BCUT2D eigenvalue weighted by Gasteiger charge is -2.38. The quantitative estimate of drug-likeness (QED) is 0.869. The third-order valence-electron chi connectivity index (χ3n) is 4.99. The fraction of sp³-hybridized carbons (Fsp3) is 0.471. The summed E-state index contributed by atoms with van der Waals surface area (Å²) in [6.45, 7) is 3.69. The average molecular weight is 328 g/mol. The van der Waals surface area contributed by atoms with Crippen LogP contribution in [0.2, 0.25) is 0 Å². The molecule has 0 N–H and O–H groups in total. The van der Waals surface area contributed by atoms with E-state index in [0.29, 0.717) is 0 Å². The molecule has 1 atom stereocenters. The van der Waals surface area contributed by atoms with Crippen LogP contribution in [0, 0.1) is 5.41 Å². The van der Waals surface area contributed by atoms with Crippen molar-refractivity contribution in [1.29, 1.82) is 0 Å². The molecule has 0 saturated carbocycles. The molecule has 0 radical (unpaired) electrons. The van der Waals surface area contributed by atoms with Crippen LogP contribution < -0.4 is 4.90 Å². The topological polar surface area (TPSA) is 49.3 Å². The molecule has 0 aliphatic carbocycles. The molecule has 1 spiro atoms. The summed E-state index contributed by atoms with van der Waals surface area (Å²) in [5.74, 6) is 0.253. The lowest BCUT2D eigenvalue weighted by molar-refractivity contribution is -0.128. The monoisotopic (exact) mass is 328 g/mol. The van der Waals surface area contributed by atoms with Crippen molar-refractivity contribution in [1.82, 2.24) is 14.9 Å². The maximum atomic E-state index is 13.1. The maximum absolute atomic E-state index is 13.1. The molecule has 0 unspecified atom stereocenters. The van der Waals surface area contributed by atoms with Crippen LogP contribution in [0.5, 0.6) is 0 Å². The summed E-state index contributed by atoms with van der Waals surface area (Å²) in [5, 5.41) is 2.12. The number of carbonyl (C=O) groups is 1. The molecule has 120 valence electrons. The van der Waals surface area contributed by atoms with Gasteiger partial charge in [-0.25, -0.2) is 9.97 Å². The number of piperidine rings is 1. The van der Waals surface area contributed by atoms with Gasteiger partial charge in [-0.05, 0) is 37.3 Å². The van der Waals surface area contributed by atoms with Crippen molar-refractivity contribution in [3.05, 3.63) is 41.1 Å². The SMILES string of the molecule is O=C1N(c2cncnc2)CC[C@]12CCCN(Cc1cccs1)C2. The van der Waals surface area contributed by atoms with E-state index < -0.39 is 0 Å². The predicted molar refractivity (Wildman–Crippen MR) is 90.3 cm³/mol. The standard InChI is InChI=1S/C17H20N4OS/c22-16-17(5-7-21(16)14-9-18-13-19-10-14)4-2-6-20(12-17)11-15-3-1-8-23-15/h1,3,8-10,13H,2,4-7,11-12H2/t17-/m0/s1. The first kappa shape index (κ1) is 14.8. The molecule has 4 heterocycles. The molecule has 2 fully saturated rings. The summed E-state index contributed by atoms with van der Waals surface area (Å²) in [6, 6.07) is 4.27. The van der Waals surface area contributed by atoms with Gasteiger partial charge in [-0.15, -0.1) is 11.3 Å². The second-order valence-electron chi connectivity index (χ2n) is 6.48. The molecule has 2 aliphatic rings. The van der Waals surface area contributed by atoms with Gasteiger partial charge in [-0.2, -0.15) is 0 Å². The lowest BCUT2D eigenvalue weighted by atomic mass is 9.78. The highest BCUT2D eigenvalue weighted by Crippen LogP contribution is 2.42. The molecule has 2 aromatic rings. The highest BCUT2D eigenvalue weighted by atomic mass is 32.1. The lowest BCUT2D eigenvalue weighted by Crippen LogP contribution is -2.47. The number of amides is 1. The molecule has 0 aromatic carbocycles. The van der Waals surface area contributed by atoms with Gasteiger partial charge >= 0.3 is 0 Å². The van der Waals surface area contributed by atoms with Crippen molar-refractivity contribution in [2.45, 2.75) is 25.8 Å². The Labute approximate surface area is 140 Å². The number of hydrogen-bond acceptors (Lipinski definition) is 5. The van der Waals surface area contributed by atoms with Gasteiger partial charge in [0, 0.05) is 24.5 Å². The van der Waals surface area contributed by atoms with Crippen LogP contribution in [0.4, 0.5) is 5.69 Å². The number of aromatic nitrogens is 2. The van der Waals surface area contributed by atoms with E-state index in [9.17, 15) is 4.79 Å². The minimum atomic E-state index is -0.217. The number of rotatable bonds is 3. The van der Waals surface area contributed by atoms with Crippen molar-refractivity contribution >= 4 is 22.9 Å². The Balaban J connectivity index is 1.51. The Morgan fingerprint density at radius 3 is 2.87 bits per heavy atom. The molecule has 2 aliphatic heterocycles. The average Bonchev–Trinajstić information content (AvgIpc) is 3.19. The second-order valence-corrected chi connectivity index (χ2v) is 7.51. The van der Waals surface area contributed by atoms with Crippen LogP contribution in [0.15, 0.2) is 36.2 Å². The van der Waals surface area contributed by atoms with Crippen molar-refractivity contribution in [3.8, 4) is 0 Å². The van der Waals surface area contributed by atoms with Crippen molar-refractivity contribution in [3.63, 3.8) is 0 Å². The van der Waals surface area contributed by atoms with Gasteiger partial charge in [0.15, 0.2) is 0 Å². The van der Waals surface area contributed by atoms with E-state index in [0.717, 1.165) is 51.1 Å². The minimum absolute atomic E-state index is 0.217. The largest absolute Gasteiger partial charge is 0.309 e. The van der Waals surface area contributed by atoms with Gasteiger partial charge in [0.2, 0.25) is 5.91 Å². The zero-order valence-corrected chi connectivity index (χ0v) is 13.8. The molecule has 1 amide bonds. The molecule has 5 nitrogen and oxygen atoms in total. The number of hydrogen-bond donors (Lipinski definition) is 0. The van der Waals surface area contributed by atoms with E-state index in [1.165, 1.54) is 11.2 Å². The van der Waals surface area contributed by atoms with E-state index >= 15 is 0 Å². The minimum Gasteiger partial charge on any atom is -0.309 e. The Kier molecular flexibility index (Phi) is 3.87. The summed E-state index contributed by atoms with van der Waals surface area (Å²) in [4.78, 5) is 26.9. The third-order valence-corrected chi connectivity index (χ3v) is 5.85. The van der Waals surface area contributed by atoms with E-state index in [1.807, 2.05) is 4.90 Å². The first-order valence-electron chi connectivity index (χ1n) is 8.09. The van der Waals surface area contributed by atoms with Crippen LogP contribution in [-0.2, 0) is 11.3 Å². The van der Waals surface area contributed by atoms with Crippen molar-refractivity contribution < 1.29 is 4.79 Å². The van der Waals surface area contributed by atoms with E-state index in [-0.39, 0.29) is 11.3 Å². The van der Waals surface area contributed by atoms with Crippen molar-refractivity contribution in [2.24, 2.45) is 5.41 Å². The van der Waals surface area contributed by atoms with Gasteiger partial charge in [0.25, 0.3) is 0 Å². The smallest absolute Gasteiger partial charge is 0.234 e. The van der Waals surface area contributed by atoms with Crippen LogP contribution in [-0.4, -0.2) is 40.4 Å². The molecular weight excluding hydrogens is 308 g/mol. The highest BCUT2D eigenvalue weighted by Gasteiger charge is 2.49. The Hall–Kier alpha value is -1.79. The molecule has 2 aromatic heterocycles. The summed E-state index contributed by atoms with van der Waals surface area (Å²) in [5.41, 5.74) is 0.607. The number of likely N-dealkylation sites (tertiary alicyclic amines) is 1. The van der Waals surface area contributed by atoms with E-state index in [4.69, 9.17) is 0 Å². The molecule has 0 bridgehead atoms. The van der Waals surface area contributed by atoms with Gasteiger partial charge in [-0.3, -0.25) is 9.69 Å². The Bertz CT molecular complexity index is 675. The number of thiophene rings is 1. The first-order valence-corrected chi connectivity index (χ1v) is 8.97. The normalized spacial score (nSPS) is 25.4. The predicted octanol–water partition coefficient (Wildman–Crippen LogP) is 2.56. The Morgan fingerprint density at radius 1 is 1.22 bits per heavy atom. The van der Waals surface area contributed by atoms with Gasteiger partial charge in [0.05, 0.1) is 23.5 Å². The maximum Gasteiger partial charge on any atom is 0.234 e. The molecule has 4 rings (SSSR count). The fourth-order valence-electron chi connectivity index (χ4n) is 3.86. The van der Waals surface area contributed by atoms with Gasteiger partial charge in [0.1, 0.15) is 6.33 Å². The summed E-state index contributed by atoms with van der Waals surface area (Å²) < 4.78 is 0. The summed E-state index contributed by atoms with van der Waals surface area (Å²) in [6.07, 6.45) is 7.99. The summed E-state index contributed by atoms with van der Waals surface area (Å²) in [7, 11) is 0. The number of carbonyl (C=O) groups excluding carboxylic acids is 1. The summed E-state index contributed by atoms with van der Waals surface area (Å²) >= 11 is 1.79. The van der Waals surface area contributed by atoms with E-state index in [2.05, 4.69) is 32.4 Å². The molecule has 23 heavy (non-hydrogen) atoms. The zero-order chi connectivity index (χ0) is 15.7. The molecule has 6 heteroatoms. The van der Waals surface area contributed by atoms with Gasteiger partial charge < -0.3 is 4.90 Å². The molecular formula is C17H20N4OS. The molecule has 2 saturated heterocycles. The first-order chi connectivity index (χ1) is 11.3. The van der Waals surface area contributed by atoms with Crippen LogP contribution >= 0.6 is 11.3 Å². The zero-order valence-electron chi connectivity index (χ0n) is 13.0. The number of anilines is 1. The highest BCUT2D eigenvalue weighted by molar-refractivity contribution is 7.09. The number of nitrogens with zero attached hydrogens (tertiary/aromatic N) is 4. The van der Waals surface area contributed by atoms with Crippen molar-refractivity contribution in [2.75, 3.05) is 24.5 Å². The fourth-order valence-corrected chi connectivity index (χ4v) is 4.61. The van der Waals surface area contributed by atoms with E-state index in [1.54, 1.807) is 23.7 Å². The third kappa shape index (κ3) is 2.77. The van der Waals surface area contributed by atoms with Crippen LogP contribution in [0.25, 0.3) is 0 Å². The Morgan fingerprint density at radius 2 is 2.09 bits per heavy atom. The van der Waals surface area contributed by atoms with Crippen LogP contribution in [0.3, 0.4) is 0 Å².